The molecule has 1 aliphatic heterocycles. The van der Waals surface area contributed by atoms with Gasteiger partial charge in [-0.15, -0.1) is 0 Å². The highest BCUT2D eigenvalue weighted by molar-refractivity contribution is 6.36. The molecule has 0 spiro atoms. The van der Waals surface area contributed by atoms with Gasteiger partial charge >= 0.3 is 0 Å². The normalized spacial score (nSPS) is 14.7. The third-order valence-corrected chi connectivity index (χ3v) is 13.3. The molecule has 1 aliphatic rings. The van der Waals surface area contributed by atoms with Gasteiger partial charge in [0.05, 0.1) is 114 Å². The third kappa shape index (κ3) is 9.54. The number of nitrogens with zero attached hydrogens (tertiary/aromatic N) is 6. The molecule has 5 aromatic heterocycles. The molecule has 14 nitrogen and oxygen atoms in total. The maximum Gasteiger partial charge on any atom is 0.203 e. The number of ether oxygens (including phenoxy) is 4. The molecule has 374 valence electrons. The summed E-state index contributed by atoms with van der Waals surface area (Å²) < 4.78 is 85.5. The first kappa shape index (κ1) is 48.4. The Hall–Kier alpha value is -8.22. The first-order valence-corrected chi connectivity index (χ1v) is 23.3. The molecule has 10 rings (SSSR count). The summed E-state index contributed by atoms with van der Waals surface area (Å²) in [7, 11) is 4.59. The van der Waals surface area contributed by atoms with Gasteiger partial charge in [0.25, 0.3) is 0 Å². The second-order valence-electron chi connectivity index (χ2n) is 17.5. The van der Waals surface area contributed by atoms with Crippen molar-refractivity contribution in [3.8, 4) is 57.3 Å². The van der Waals surface area contributed by atoms with Crippen LogP contribution in [0.15, 0.2) is 116 Å². The summed E-state index contributed by atoms with van der Waals surface area (Å²) in [5.41, 5.74) is 2.33. The van der Waals surface area contributed by atoms with Gasteiger partial charge in [-0.3, -0.25) is 0 Å². The van der Waals surface area contributed by atoms with Crippen LogP contribution in [0.1, 0.15) is 17.5 Å². The molecule has 1 fully saturated rings. The second kappa shape index (κ2) is 20.1. The molecule has 19 heteroatoms. The molecule has 6 heterocycles. The van der Waals surface area contributed by atoms with Gasteiger partial charge in [-0.05, 0) is 79.2 Å². The zero-order valence-corrected chi connectivity index (χ0v) is 40.2. The minimum Gasteiger partial charge on any atom is -0.497 e. The summed E-state index contributed by atoms with van der Waals surface area (Å²) in [5.74, 6) is -1.39. The minimum absolute atomic E-state index is 0.00401. The van der Waals surface area contributed by atoms with Crippen molar-refractivity contribution in [1.82, 2.24) is 24.1 Å². The number of hydrogen-bond donors (Lipinski definition) is 4. The number of benzene rings is 4. The summed E-state index contributed by atoms with van der Waals surface area (Å²) in [6.45, 7) is 1.45. The molecule has 2 atom stereocenters. The van der Waals surface area contributed by atoms with Crippen LogP contribution >= 0.6 is 11.6 Å². The highest BCUT2D eigenvalue weighted by atomic mass is 35.5. The first-order valence-electron chi connectivity index (χ1n) is 23.0. The van der Waals surface area contributed by atoms with Gasteiger partial charge in [0, 0.05) is 54.7 Å². The number of anilines is 3. The number of aromatic hydroxyl groups is 2. The Morgan fingerprint density at radius 3 is 1.82 bits per heavy atom. The zero-order chi connectivity index (χ0) is 51.1. The van der Waals surface area contributed by atoms with Crippen molar-refractivity contribution in [3.63, 3.8) is 0 Å². The van der Waals surface area contributed by atoms with E-state index >= 15 is 8.78 Å². The quantitative estimate of drug-likeness (QED) is 0.0721. The predicted molar refractivity (Wildman–Crippen MR) is 269 cm³/mol. The molecular formula is C54H46ClF4N7O7. The van der Waals surface area contributed by atoms with Crippen molar-refractivity contribution in [2.75, 3.05) is 51.2 Å². The Balaban J connectivity index is 0.839. The van der Waals surface area contributed by atoms with Crippen LogP contribution in [0.2, 0.25) is 5.02 Å². The smallest absolute Gasteiger partial charge is 0.203 e. The molecule has 9 aromatic rings. The fourth-order valence-corrected chi connectivity index (χ4v) is 9.51. The van der Waals surface area contributed by atoms with Crippen molar-refractivity contribution >= 4 is 50.6 Å². The number of aliphatic hydroxyl groups is 1. The number of nitrogens with one attached hydrogen (secondary N) is 1. The minimum atomic E-state index is -0.800. The molecule has 0 saturated carbocycles. The lowest BCUT2D eigenvalue weighted by molar-refractivity contribution is 0.0590. The molecule has 1 saturated heterocycles. The molecule has 0 amide bonds. The molecular weight excluding hydrogens is 970 g/mol. The maximum absolute atomic E-state index is 15.2. The topological polar surface area (TPSA) is 161 Å². The van der Waals surface area contributed by atoms with Crippen molar-refractivity contribution < 1.29 is 51.8 Å². The molecule has 4 N–H and O–H groups in total. The third-order valence-electron chi connectivity index (χ3n) is 13.0. The van der Waals surface area contributed by atoms with Crippen LogP contribution in [0.4, 0.5) is 34.8 Å². The molecule has 73 heavy (non-hydrogen) atoms. The number of hydrogen-bond acceptors (Lipinski definition) is 12. The van der Waals surface area contributed by atoms with Crippen LogP contribution in [-0.2, 0) is 13.1 Å². The van der Waals surface area contributed by atoms with Crippen molar-refractivity contribution in [3.05, 3.63) is 155 Å². The van der Waals surface area contributed by atoms with Crippen LogP contribution in [0, 0.1) is 29.2 Å². The van der Waals surface area contributed by atoms with E-state index in [0.717, 1.165) is 35.5 Å². The first-order chi connectivity index (χ1) is 35.3. The Kier molecular flexibility index (Phi) is 13.3. The zero-order valence-electron chi connectivity index (χ0n) is 39.4. The van der Waals surface area contributed by atoms with Crippen LogP contribution in [0.25, 0.3) is 44.3 Å². The Bertz CT molecular complexity index is 3500. The fraction of sp³-hybridized carbons (Fsp3) is 0.204. The average molecular weight is 1020 g/mol. The van der Waals surface area contributed by atoms with Gasteiger partial charge in [0.2, 0.25) is 11.8 Å². The molecule has 0 aliphatic carbocycles. The number of rotatable bonds is 15. The van der Waals surface area contributed by atoms with Crippen LogP contribution in [-0.4, -0.2) is 86.5 Å². The number of fused-ring (bicyclic) bond motifs is 2. The Labute approximate surface area is 420 Å². The Morgan fingerprint density at radius 2 is 1.25 bits per heavy atom. The molecule has 0 radical (unpaired) electrons. The van der Waals surface area contributed by atoms with Crippen LogP contribution in [0.5, 0.6) is 34.8 Å². The lowest BCUT2D eigenvalue weighted by atomic mass is 9.95. The van der Waals surface area contributed by atoms with Gasteiger partial charge in [-0.25, -0.2) is 32.5 Å². The number of methoxy groups -OCH3 is 3. The van der Waals surface area contributed by atoms with E-state index in [2.05, 4.69) is 25.2 Å². The standard InChI is InChI=1S/C54H46ClF4N7O7/c1-70-33-13-10-29(46(18-33)71-2)24-66-27-44-52(54(66)69)42(21-41(62-44)51-38(58)8-5-9-39(51)59)63-48-15-12-32(22-60-48)64-17-16-45(67)31(25-64)28-73-34-14-11-30(47(19-34)72-3)23-65-26-43-49(53(65)68)35(55)20-40(61-43)50-36(56)6-4-7-37(50)57/h4-15,18-22,26-27,31,45,67-69H,16-17,23-25,28H2,1-3H3,(H,60,63). The van der Waals surface area contributed by atoms with E-state index in [-0.39, 0.29) is 81.3 Å². The van der Waals surface area contributed by atoms with E-state index < -0.39 is 29.4 Å². The maximum atomic E-state index is 15.2. The average Bonchev–Trinajstić information content (AvgIpc) is 3.87. The number of piperidine rings is 1. The number of aromatic nitrogens is 5. The SMILES string of the molecule is COc1ccc(Cn2cc3nc(-c4c(F)cccc4F)cc(Nc4ccc(N5CCC(O)C(COc6ccc(Cn7cc8nc(-c9c(F)cccc9F)cc(Cl)c8c7O)c(OC)c6)C5)cn4)c3c2O)c(OC)c1. The van der Waals surface area contributed by atoms with Crippen molar-refractivity contribution in [2.45, 2.75) is 25.6 Å². The lowest BCUT2D eigenvalue weighted by Crippen LogP contribution is -2.45. The van der Waals surface area contributed by atoms with Gasteiger partial charge in [0.1, 0.15) is 52.1 Å². The highest BCUT2D eigenvalue weighted by Gasteiger charge is 2.30. The summed E-state index contributed by atoms with van der Waals surface area (Å²) in [5, 5.41) is 37.8. The van der Waals surface area contributed by atoms with Gasteiger partial charge in [0.15, 0.2) is 0 Å². The van der Waals surface area contributed by atoms with Crippen molar-refractivity contribution in [1.29, 1.82) is 0 Å². The van der Waals surface area contributed by atoms with Gasteiger partial charge in [-0.2, -0.15) is 0 Å². The Morgan fingerprint density at radius 1 is 0.685 bits per heavy atom. The summed E-state index contributed by atoms with van der Waals surface area (Å²) in [4.78, 5) is 15.8. The fourth-order valence-electron chi connectivity index (χ4n) is 9.23. The number of pyridine rings is 3. The molecule has 0 bridgehead atoms. The van der Waals surface area contributed by atoms with E-state index in [1.165, 1.54) is 43.1 Å². The van der Waals surface area contributed by atoms with Crippen LogP contribution in [0.3, 0.4) is 0 Å². The molecule has 2 unspecified atom stereocenters. The predicted octanol–water partition coefficient (Wildman–Crippen LogP) is 10.9. The summed E-state index contributed by atoms with van der Waals surface area (Å²) in [6.07, 6.45) is 4.63. The van der Waals surface area contributed by atoms with Crippen molar-refractivity contribution in [2.24, 2.45) is 5.92 Å². The van der Waals surface area contributed by atoms with E-state index in [9.17, 15) is 24.1 Å². The van der Waals surface area contributed by atoms with Crippen LogP contribution < -0.4 is 29.2 Å². The second-order valence-corrected chi connectivity index (χ2v) is 17.9. The largest absolute Gasteiger partial charge is 0.497 e. The highest BCUT2D eigenvalue weighted by Crippen LogP contribution is 2.41. The van der Waals surface area contributed by atoms with E-state index in [0.29, 0.717) is 65.0 Å². The van der Waals surface area contributed by atoms with E-state index in [4.69, 9.17) is 30.5 Å². The lowest BCUT2D eigenvalue weighted by Gasteiger charge is -2.37. The number of aliphatic hydroxyl groups excluding tert-OH is 1. The monoisotopic (exact) mass is 1020 g/mol. The number of halogens is 5. The van der Waals surface area contributed by atoms with E-state index in [1.807, 2.05) is 12.1 Å². The summed E-state index contributed by atoms with van der Waals surface area (Å²) in [6, 6.07) is 24.1. The molecule has 4 aromatic carbocycles. The van der Waals surface area contributed by atoms with E-state index in [1.54, 1.807) is 66.7 Å². The van der Waals surface area contributed by atoms with Gasteiger partial charge in [-0.1, -0.05) is 23.7 Å². The van der Waals surface area contributed by atoms with Gasteiger partial charge < -0.3 is 53.6 Å². The summed E-state index contributed by atoms with van der Waals surface area (Å²) >= 11 is 6.53.